The van der Waals surface area contributed by atoms with Crippen LogP contribution in [0.25, 0.3) is 0 Å². The number of likely N-dealkylation sites (tertiary alicyclic amines) is 2. The van der Waals surface area contributed by atoms with Gasteiger partial charge in [-0.2, -0.15) is 0 Å². The van der Waals surface area contributed by atoms with E-state index < -0.39 is 11.4 Å². The molecule has 3 fully saturated rings. The van der Waals surface area contributed by atoms with Gasteiger partial charge in [0.05, 0.1) is 12.0 Å². The lowest BCUT2D eigenvalue weighted by Crippen LogP contribution is -2.44. The molecule has 0 saturated carbocycles. The lowest BCUT2D eigenvalue weighted by atomic mass is 9.81. The van der Waals surface area contributed by atoms with Gasteiger partial charge < -0.3 is 9.84 Å². The van der Waals surface area contributed by atoms with Gasteiger partial charge in [0.2, 0.25) is 0 Å². The number of carboxylic acid groups (broad SMARTS) is 1. The molecule has 0 aliphatic carbocycles. The molecule has 3 saturated heterocycles. The molecule has 2 atom stereocenters. The van der Waals surface area contributed by atoms with Crippen molar-refractivity contribution in [3.05, 3.63) is 23.3 Å². The summed E-state index contributed by atoms with van der Waals surface area (Å²) in [5.41, 5.74) is 1.27. The van der Waals surface area contributed by atoms with Crippen LogP contribution < -0.4 is 0 Å². The molecule has 0 spiro atoms. The quantitative estimate of drug-likeness (QED) is 0.861. The maximum atomic E-state index is 12.2. The van der Waals surface area contributed by atoms with E-state index in [4.69, 9.17) is 4.74 Å². The van der Waals surface area contributed by atoms with Crippen LogP contribution in [0.2, 0.25) is 0 Å². The minimum Gasteiger partial charge on any atom is -0.481 e. The molecule has 1 aromatic heterocycles. The number of hydrogen-bond donors (Lipinski definition) is 1. The largest absolute Gasteiger partial charge is 0.481 e. The molecule has 7 heteroatoms. The summed E-state index contributed by atoms with van der Waals surface area (Å²) in [4.78, 5) is 25.9. The maximum Gasteiger partial charge on any atom is 0.312 e. The summed E-state index contributed by atoms with van der Waals surface area (Å²) in [6, 6.07) is 2.44. The van der Waals surface area contributed by atoms with Crippen LogP contribution in [0.1, 0.15) is 30.1 Å². The van der Waals surface area contributed by atoms with E-state index in [0.29, 0.717) is 25.7 Å². The van der Waals surface area contributed by atoms with E-state index in [1.165, 1.54) is 0 Å². The van der Waals surface area contributed by atoms with E-state index >= 15 is 0 Å². The van der Waals surface area contributed by atoms with Crippen LogP contribution in [0.15, 0.2) is 6.07 Å². The molecule has 1 aromatic rings. The minimum absolute atomic E-state index is 0.175. The number of hydrogen-bond acceptors (Lipinski definition) is 6. The second-order valence-electron chi connectivity index (χ2n) is 8.17. The van der Waals surface area contributed by atoms with Gasteiger partial charge in [-0.15, -0.1) is 0 Å². The van der Waals surface area contributed by atoms with E-state index in [9.17, 15) is 9.90 Å². The molecule has 26 heavy (non-hydrogen) atoms. The summed E-state index contributed by atoms with van der Waals surface area (Å²) in [7, 11) is 0. The van der Waals surface area contributed by atoms with Crippen molar-refractivity contribution in [1.29, 1.82) is 0 Å². The van der Waals surface area contributed by atoms with Crippen LogP contribution in [0.3, 0.4) is 0 Å². The lowest BCUT2D eigenvalue weighted by Gasteiger charge is -2.33. The van der Waals surface area contributed by atoms with Gasteiger partial charge >= 0.3 is 5.97 Å². The first-order chi connectivity index (χ1) is 12.5. The second kappa shape index (κ2) is 6.87. The SMILES string of the molecule is Cc1cc(C)nc(CN2C[C@H]3CN(C4CCOCC4)C[C@@]3(C(=O)O)C2)n1. The van der Waals surface area contributed by atoms with Gasteiger partial charge in [0, 0.05) is 62.7 Å². The van der Waals surface area contributed by atoms with Gasteiger partial charge in [-0.05, 0) is 32.8 Å². The molecule has 4 rings (SSSR count). The molecule has 0 unspecified atom stereocenters. The zero-order valence-corrected chi connectivity index (χ0v) is 15.6. The summed E-state index contributed by atoms with van der Waals surface area (Å²) in [6.45, 7) is 9.09. The Bertz CT molecular complexity index is 671. The fourth-order valence-corrected chi connectivity index (χ4v) is 5.03. The topological polar surface area (TPSA) is 78.8 Å². The zero-order valence-electron chi connectivity index (χ0n) is 15.6. The van der Waals surface area contributed by atoms with Crippen molar-refractivity contribution in [2.45, 2.75) is 39.3 Å². The molecule has 4 heterocycles. The fourth-order valence-electron chi connectivity index (χ4n) is 5.03. The maximum absolute atomic E-state index is 12.2. The average Bonchev–Trinajstić information content (AvgIpc) is 3.09. The van der Waals surface area contributed by atoms with Crippen LogP contribution in [-0.4, -0.2) is 76.3 Å². The Morgan fingerprint density at radius 1 is 1.23 bits per heavy atom. The predicted octanol–water partition coefficient (Wildman–Crippen LogP) is 1.09. The Hall–Kier alpha value is -1.57. The summed E-state index contributed by atoms with van der Waals surface area (Å²) >= 11 is 0. The molecule has 142 valence electrons. The first-order valence-electron chi connectivity index (χ1n) is 9.55. The Labute approximate surface area is 154 Å². The molecular weight excluding hydrogens is 332 g/mol. The number of nitrogens with zero attached hydrogens (tertiary/aromatic N) is 4. The van der Waals surface area contributed by atoms with E-state index in [1.807, 2.05) is 19.9 Å². The van der Waals surface area contributed by atoms with Gasteiger partial charge in [0.1, 0.15) is 5.82 Å². The fraction of sp³-hybridized carbons (Fsp3) is 0.737. The Kier molecular flexibility index (Phi) is 4.71. The first-order valence-corrected chi connectivity index (χ1v) is 9.55. The van der Waals surface area contributed by atoms with Gasteiger partial charge in [-0.3, -0.25) is 14.6 Å². The summed E-state index contributed by atoms with van der Waals surface area (Å²) in [6.07, 6.45) is 2.03. The van der Waals surface area contributed by atoms with Crippen LogP contribution >= 0.6 is 0 Å². The highest BCUT2D eigenvalue weighted by atomic mass is 16.5. The number of fused-ring (bicyclic) bond motifs is 1. The number of ether oxygens (including phenoxy) is 1. The van der Waals surface area contributed by atoms with Crippen molar-refractivity contribution in [1.82, 2.24) is 19.8 Å². The number of rotatable bonds is 4. The van der Waals surface area contributed by atoms with Crippen molar-refractivity contribution in [3.8, 4) is 0 Å². The van der Waals surface area contributed by atoms with E-state index in [2.05, 4.69) is 19.8 Å². The van der Waals surface area contributed by atoms with Crippen molar-refractivity contribution in [3.63, 3.8) is 0 Å². The van der Waals surface area contributed by atoms with Crippen molar-refractivity contribution >= 4 is 5.97 Å². The number of carboxylic acids is 1. The van der Waals surface area contributed by atoms with E-state index in [1.54, 1.807) is 0 Å². The van der Waals surface area contributed by atoms with Crippen molar-refractivity contribution in [2.75, 3.05) is 39.4 Å². The molecule has 0 amide bonds. The lowest BCUT2D eigenvalue weighted by molar-refractivity contribution is -0.149. The minimum atomic E-state index is -0.656. The standard InChI is InChI=1S/C19H28N4O3/c1-13-7-14(2)21-17(20-13)10-22-8-15-9-23(16-3-5-26-6-4-16)12-19(15,11-22)18(24)25/h7,15-16H,3-6,8-12H2,1-2H3,(H,24,25)/t15-,19-/m0/s1. The second-order valence-corrected chi connectivity index (χ2v) is 8.17. The monoisotopic (exact) mass is 360 g/mol. The van der Waals surface area contributed by atoms with E-state index in [-0.39, 0.29) is 5.92 Å². The van der Waals surface area contributed by atoms with Gasteiger partial charge in [-0.1, -0.05) is 0 Å². The molecule has 0 aromatic carbocycles. The summed E-state index contributed by atoms with van der Waals surface area (Å²) in [5, 5.41) is 10.1. The van der Waals surface area contributed by atoms with Gasteiger partial charge in [0.25, 0.3) is 0 Å². The van der Waals surface area contributed by atoms with Gasteiger partial charge in [-0.25, -0.2) is 9.97 Å². The van der Waals surface area contributed by atoms with Gasteiger partial charge in [0.15, 0.2) is 0 Å². The third-order valence-corrected chi connectivity index (χ3v) is 6.23. The molecule has 7 nitrogen and oxygen atoms in total. The highest BCUT2D eigenvalue weighted by Gasteiger charge is 2.58. The molecule has 0 radical (unpaired) electrons. The van der Waals surface area contributed by atoms with Crippen LogP contribution in [0.4, 0.5) is 0 Å². The number of aliphatic carboxylic acids is 1. The van der Waals surface area contributed by atoms with Crippen LogP contribution in [-0.2, 0) is 16.1 Å². The summed E-state index contributed by atoms with van der Waals surface area (Å²) < 4.78 is 5.46. The van der Waals surface area contributed by atoms with Crippen LogP contribution in [0.5, 0.6) is 0 Å². The highest BCUT2D eigenvalue weighted by Crippen LogP contribution is 2.44. The summed E-state index contributed by atoms with van der Waals surface area (Å²) in [5.74, 6) is 0.318. The Morgan fingerprint density at radius 3 is 2.54 bits per heavy atom. The molecule has 1 N–H and O–H groups in total. The Morgan fingerprint density at radius 2 is 1.92 bits per heavy atom. The third-order valence-electron chi connectivity index (χ3n) is 6.23. The molecule has 3 aliphatic rings. The number of carbonyl (C=O) groups is 1. The van der Waals surface area contributed by atoms with E-state index in [0.717, 1.165) is 56.4 Å². The highest BCUT2D eigenvalue weighted by molar-refractivity contribution is 5.77. The third kappa shape index (κ3) is 3.23. The first kappa shape index (κ1) is 17.8. The normalized spacial score (nSPS) is 30.6. The molecule has 3 aliphatic heterocycles. The zero-order chi connectivity index (χ0) is 18.3. The average molecular weight is 360 g/mol. The smallest absolute Gasteiger partial charge is 0.312 e. The number of aryl methyl sites for hydroxylation is 2. The number of aromatic nitrogens is 2. The van der Waals surface area contributed by atoms with Crippen LogP contribution in [0, 0.1) is 25.2 Å². The molecular formula is C19H28N4O3. The van der Waals surface area contributed by atoms with Crippen molar-refractivity contribution in [2.24, 2.45) is 11.3 Å². The van der Waals surface area contributed by atoms with Crippen molar-refractivity contribution < 1.29 is 14.6 Å². The predicted molar refractivity (Wildman–Crippen MR) is 95.8 cm³/mol. The Balaban J connectivity index is 1.47. The molecule has 0 bridgehead atoms.